The maximum atomic E-state index is 13.0. The van der Waals surface area contributed by atoms with Crippen molar-refractivity contribution in [2.24, 2.45) is 10.8 Å². The standard InChI is InChI=1S/C17H26N4OS2/c1-5-7-18-14(23)20-9-16(3)11-21(15(24)19-8-6-2)12-17(4,10-20)13(16)22/h5-6H,1-2,7-12H2,3-4H3,(H,18,23)(H,19,24). The van der Waals surface area contributed by atoms with Crippen LogP contribution in [0.2, 0.25) is 0 Å². The van der Waals surface area contributed by atoms with Crippen molar-refractivity contribution >= 4 is 40.4 Å². The second kappa shape index (κ2) is 7.19. The molecule has 0 saturated carbocycles. The van der Waals surface area contributed by atoms with Crippen molar-refractivity contribution in [2.45, 2.75) is 13.8 Å². The van der Waals surface area contributed by atoms with Crippen molar-refractivity contribution in [2.75, 3.05) is 39.3 Å². The first-order chi connectivity index (χ1) is 11.3. The number of ketones is 1. The van der Waals surface area contributed by atoms with Crippen LogP contribution in [0.5, 0.6) is 0 Å². The van der Waals surface area contributed by atoms with Gasteiger partial charge in [-0.2, -0.15) is 0 Å². The maximum absolute atomic E-state index is 13.0. The average molecular weight is 367 g/mol. The highest BCUT2D eigenvalue weighted by Crippen LogP contribution is 2.42. The van der Waals surface area contributed by atoms with E-state index in [1.54, 1.807) is 12.2 Å². The fraction of sp³-hybridized carbons (Fsp3) is 0.588. The van der Waals surface area contributed by atoms with Gasteiger partial charge in [0.25, 0.3) is 0 Å². The molecule has 0 amide bonds. The third-order valence-electron chi connectivity index (χ3n) is 4.63. The van der Waals surface area contributed by atoms with Crippen LogP contribution < -0.4 is 10.6 Å². The van der Waals surface area contributed by atoms with Crippen molar-refractivity contribution in [3.05, 3.63) is 25.3 Å². The lowest BCUT2D eigenvalue weighted by Crippen LogP contribution is -2.70. The summed E-state index contributed by atoms with van der Waals surface area (Å²) in [6.45, 7) is 15.1. The number of piperidine rings is 2. The number of likely N-dealkylation sites (tertiary alicyclic amines) is 2. The molecule has 0 aliphatic carbocycles. The van der Waals surface area contributed by atoms with E-state index in [-0.39, 0.29) is 0 Å². The van der Waals surface area contributed by atoms with Crippen molar-refractivity contribution in [1.82, 2.24) is 20.4 Å². The Morgan fingerprint density at radius 2 is 1.33 bits per heavy atom. The van der Waals surface area contributed by atoms with Gasteiger partial charge in [0.15, 0.2) is 16.0 Å². The highest BCUT2D eigenvalue weighted by atomic mass is 32.1. The lowest BCUT2D eigenvalue weighted by molar-refractivity contribution is -0.151. The van der Waals surface area contributed by atoms with Gasteiger partial charge in [-0.3, -0.25) is 4.79 Å². The number of carbonyl (C=O) groups excluding carboxylic acids is 1. The van der Waals surface area contributed by atoms with Gasteiger partial charge < -0.3 is 20.4 Å². The summed E-state index contributed by atoms with van der Waals surface area (Å²) in [5.74, 6) is 0.306. The normalized spacial score (nSPS) is 29.0. The summed E-state index contributed by atoms with van der Waals surface area (Å²) in [6.07, 6.45) is 3.55. The molecule has 2 fully saturated rings. The molecule has 7 heteroatoms. The molecule has 5 nitrogen and oxygen atoms in total. The highest BCUT2D eigenvalue weighted by Gasteiger charge is 2.56. The minimum Gasteiger partial charge on any atom is -0.359 e. The summed E-state index contributed by atoms with van der Waals surface area (Å²) in [4.78, 5) is 17.2. The quantitative estimate of drug-likeness (QED) is 0.575. The molecule has 24 heavy (non-hydrogen) atoms. The lowest BCUT2D eigenvalue weighted by atomic mass is 9.64. The number of nitrogens with one attached hydrogen (secondary N) is 2. The number of rotatable bonds is 4. The molecule has 132 valence electrons. The van der Waals surface area contributed by atoms with E-state index in [1.807, 2.05) is 13.8 Å². The van der Waals surface area contributed by atoms with Crippen LogP contribution in [-0.4, -0.2) is 65.1 Å². The molecule has 0 spiro atoms. The number of thiocarbonyl (C=S) groups is 2. The molecule has 0 atom stereocenters. The molecule has 2 aliphatic rings. The molecular weight excluding hydrogens is 340 g/mol. The van der Waals surface area contributed by atoms with Gasteiger partial charge in [0, 0.05) is 39.3 Å². The Hall–Kier alpha value is -1.47. The summed E-state index contributed by atoms with van der Waals surface area (Å²) in [5.41, 5.74) is -0.990. The van der Waals surface area contributed by atoms with E-state index < -0.39 is 10.8 Å². The van der Waals surface area contributed by atoms with Crippen LogP contribution in [0.1, 0.15) is 13.8 Å². The summed E-state index contributed by atoms with van der Waals surface area (Å²) < 4.78 is 0. The predicted molar refractivity (Wildman–Crippen MR) is 106 cm³/mol. The maximum Gasteiger partial charge on any atom is 0.169 e. The predicted octanol–water partition coefficient (Wildman–Crippen LogP) is 1.32. The number of carbonyl (C=O) groups is 1. The molecule has 2 aliphatic heterocycles. The summed E-state index contributed by atoms with van der Waals surface area (Å²) >= 11 is 11.0. The van der Waals surface area contributed by atoms with Crippen LogP contribution in [0.3, 0.4) is 0 Å². The molecule has 2 rings (SSSR count). The van der Waals surface area contributed by atoms with E-state index in [9.17, 15) is 4.79 Å². The zero-order chi connectivity index (χ0) is 18.0. The van der Waals surface area contributed by atoms with Gasteiger partial charge in [-0.25, -0.2) is 0 Å². The smallest absolute Gasteiger partial charge is 0.169 e. The van der Waals surface area contributed by atoms with Crippen LogP contribution in [0.15, 0.2) is 25.3 Å². The Kier molecular flexibility index (Phi) is 5.65. The molecule has 0 unspecified atom stereocenters. The fourth-order valence-corrected chi connectivity index (χ4v) is 4.17. The van der Waals surface area contributed by atoms with Gasteiger partial charge in [-0.1, -0.05) is 12.2 Å². The number of nitrogens with zero attached hydrogens (tertiary/aromatic N) is 2. The lowest BCUT2D eigenvalue weighted by Gasteiger charge is -2.56. The van der Waals surface area contributed by atoms with Gasteiger partial charge in [0.2, 0.25) is 0 Å². The Labute approximate surface area is 155 Å². The number of Topliss-reactive ketones (excluding diaryl/α,β-unsaturated/α-hetero) is 1. The van der Waals surface area contributed by atoms with Gasteiger partial charge in [-0.05, 0) is 38.3 Å². The molecule has 0 radical (unpaired) electrons. The van der Waals surface area contributed by atoms with Crippen LogP contribution in [0.25, 0.3) is 0 Å². The largest absolute Gasteiger partial charge is 0.359 e. The molecule has 0 aromatic carbocycles. The van der Waals surface area contributed by atoms with E-state index in [0.717, 1.165) is 0 Å². The summed E-state index contributed by atoms with van der Waals surface area (Å²) in [6, 6.07) is 0. The number of hydrogen-bond acceptors (Lipinski definition) is 3. The third-order valence-corrected chi connectivity index (χ3v) is 5.43. The van der Waals surface area contributed by atoms with Gasteiger partial charge >= 0.3 is 0 Å². The topological polar surface area (TPSA) is 47.6 Å². The molecule has 2 saturated heterocycles. The van der Waals surface area contributed by atoms with E-state index in [1.165, 1.54) is 0 Å². The summed E-state index contributed by atoms with van der Waals surface area (Å²) in [7, 11) is 0. The van der Waals surface area contributed by atoms with Crippen LogP contribution in [0, 0.1) is 10.8 Å². The van der Waals surface area contributed by atoms with Gasteiger partial charge in [0.1, 0.15) is 0 Å². The minimum atomic E-state index is -0.495. The van der Waals surface area contributed by atoms with Crippen molar-refractivity contribution < 1.29 is 4.79 Å². The highest BCUT2D eigenvalue weighted by molar-refractivity contribution is 7.80. The van der Waals surface area contributed by atoms with E-state index in [2.05, 4.69) is 33.6 Å². The van der Waals surface area contributed by atoms with Crippen LogP contribution in [-0.2, 0) is 4.79 Å². The Morgan fingerprint density at radius 3 is 1.62 bits per heavy atom. The first-order valence-corrected chi connectivity index (χ1v) is 8.90. The molecule has 0 aromatic heterocycles. The zero-order valence-corrected chi connectivity index (χ0v) is 16.1. The number of fused-ring (bicyclic) bond motifs is 2. The molecule has 0 aromatic rings. The second-order valence-corrected chi connectivity index (χ2v) is 7.89. The van der Waals surface area contributed by atoms with E-state index in [4.69, 9.17) is 24.4 Å². The molecule has 2 heterocycles. The monoisotopic (exact) mass is 366 g/mol. The van der Waals surface area contributed by atoms with Gasteiger partial charge in [0.05, 0.1) is 10.8 Å². The first kappa shape index (κ1) is 18.9. The molecular formula is C17H26N4OS2. The van der Waals surface area contributed by atoms with E-state index >= 15 is 0 Å². The Bertz CT molecular complexity index is 515. The fourth-order valence-electron chi connectivity index (χ4n) is 3.74. The Balaban J connectivity index is 2.17. The van der Waals surface area contributed by atoms with Crippen LogP contribution >= 0.6 is 24.4 Å². The van der Waals surface area contributed by atoms with Crippen molar-refractivity contribution in [1.29, 1.82) is 0 Å². The Morgan fingerprint density at radius 1 is 1.00 bits per heavy atom. The minimum absolute atomic E-state index is 0.306. The number of hydrogen-bond donors (Lipinski definition) is 2. The summed E-state index contributed by atoms with van der Waals surface area (Å²) in [5, 5.41) is 7.70. The van der Waals surface area contributed by atoms with E-state index in [0.29, 0.717) is 55.3 Å². The molecule has 2 bridgehead atoms. The zero-order valence-electron chi connectivity index (χ0n) is 14.4. The molecule has 2 N–H and O–H groups in total. The van der Waals surface area contributed by atoms with Crippen LogP contribution in [0.4, 0.5) is 0 Å². The average Bonchev–Trinajstić information content (AvgIpc) is 2.52. The van der Waals surface area contributed by atoms with Crippen molar-refractivity contribution in [3.63, 3.8) is 0 Å². The SMILES string of the molecule is C=CCNC(=S)N1CC2(C)CN(C(=S)NCC=C)CC(C)(C1)C2=O. The third kappa shape index (κ3) is 3.62. The first-order valence-electron chi connectivity index (χ1n) is 8.08. The van der Waals surface area contributed by atoms with Gasteiger partial charge in [-0.15, -0.1) is 13.2 Å². The van der Waals surface area contributed by atoms with Crippen molar-refractivity contribution in [3.8, 4) is 0 Å². The second-order valence-electron chi connectivity index (χ2n) is 7.11.